The molecule has 6 nitrogen and oxygen atoms in total. The molecule has 0 saturated carbocycles. The lowest BCUT2D eigenvalue weighted by Gasteiger charge is -2.32. The zero-order chi connectivity index (χ0) is 19.4. The van der Waals surface area contributed by atoms with Crippen molar-refractivity contribution in [2.75, 3.05) is 38.2 Å². The molecule has 3 rings (SSSR count). The Morgan fingerprint density at radius 3 is 2.70 bits per heavy atom. The number of rotatable bonds is 7. The number of sulfone groups is 1. The second kappa shape index (κ2) is 8.90. The fraction of sp³-hybridized carbons (Fsp3) is 0.632. The van der Waals surface area contributed by atoms with Gasteiger partial charge in [0.1, 0.15) is 0 Å². The molecule has 2 aliphatic heterocycles. The SMILES string of the molecule is CN(CC(=O)N(CC1CCCO1)C1CCS(=O)(=O)C1)Cc1ccccc1Cl. The Balaban J connectivity index is 1.65. The Kier molecular flexibility index (Phi) is 6.78. The van der Waals surface area contributed by atoms with Gasteiger partial charge in [-0.15, -0.1) is 0 Å². The van der Waals surface area contributed by atoms with Crippen LogP contribution in [0.3, 0.4) is 0 Å². The van der Waals surface area contributed by atoms with E-state index >= 15 is 0 Å². The highest BCUT2D eigenvalue weighted by Crippen LogP contribution is 2.22. The minimum Gasteiger partial charge on any atom is -0.376 e. The van der Waals surface area contributed by atoms with E-state index in [0.717, 1.165) is 18.4 Å². The molecule has 2 aliphatic rings. The third kappa shape index (κ3) is 5.67. The number of carbonyl (C=O) groups is 1. The van der Waals surface area contributed by atoms with Gasteiger partial charge in [0.05, 0.1) is 24.2 Å². The van der Waals surface area contributed by atoms with Crippen LogP contribution in [0, 0.1) is 0 Å². The molecule has 0 N–H and O–H groups in total. The number of hydrogen-bond acceptors (Lipinski definition) is 5. The molecule has 1 amide bonds. The van der Waals surface area contributed by atoms with Crippen molar-refractivity contribution < 1.29 is 17.9 Å². The Hall–Kier alpha value is -1.15. The third-order valence-electron chi connectivity index (χ3n) is 5.20. The van der Waals surface area contributed by atoms with Gasteiger partial charge < -0.3 is 9.64 Å². The summed E-state index contributed by atoms with van der Waals surface area (Å²) in [6.45, 7) is 1.96. The summed E-state index contributed by atoms with van der Waals surface area (Å²) in [6, 6.07) is 7.32. The van der Waals surface area contributed by atoms with Gasteiger partial charge in [-0.2, -0.15) is 0 Å². The normalized spacial score (nSPS) is 24.4. The van der Waals surface area contributed by atoms with Crippen LogP contribution in [0.25, 0.3) is 0 Å². The number of ether oxygens (including phenoxy) is 1. The molecule has 27 heavy (non-hydrogen) atoms. The van der Waals surface area contributed by atoms with Gasteiger partial charge in [-0.1, -0.05) is 29.8 Å². The van der Waals surface area contributed by atoms with E-state index in [2.05, 4.69) is 0 Å². The molecule has 0 spiro atoms. The van der Waals surface area contributed by atoms with Crippen LogP contribution in [0.15, 0.2) is 24.3 Å². The Bertz CT molecular complexity index is 765. The molecule has 2 saturated heterocycles. The van der Waals surface area contributed by atoms with Gasteiger partial charge in [0.25, 0.3) is 0 Å². The molecule has 2 fully saturated rings. The smallest absolute Gasteiger partial charge is 0.237 e. The van der Waals surface area contributed by atoms with Crippen molar-refractivity contribution in [2.24, 2.45) is 0 Å². The molecule has 2 unspecified atom stereocenters. The first-order valence-electron chi connectivity index (χ1n) is 9.37. The highest BCUT2D eigenvalue weighted by molar-refractivity contribution is 7.91. The molecule has 1 aromatic rings. The maximum absolute atomic E-state index is 13.0. The van der Waals surface area contributed by atoms with Crippen LogP contribution in [-0.2, 0) is 25.9 Å². The van der Waals surface area contributed by atoms with Crippen molar-refractivity contribution in [2.45, 2.75) is 38.0 Å². The van der Waals surface area contributed by atoms with Gasteiger partial charge in [0.2, 0.25) is 5.91 Å². The first-order chi connectivity index (χ1) is 12.8. The van der Waals surface area contributed by atoms with E-state index < -0.39 is 9.84 Å². The van der Waals surface area contributed by atoms with Gasteiger partial charge in [-0.3, -0.25) is 9.69 Å². The van der Waals surface area contributed by atoms with Crippen LogP contribution < -0.4 is 0 Å². The average Bonchev–Trinajstić information content (AvgIpc) is 3.23. The third-order valence-corrected chi connectivity index (χ3v) is 7.32. The number of hydrogen-bond donors (Lipinski definition) is 0. The van der Waals surface area contributed by atoms with E-state index in [4.69, 9.17) is 16.3 Å². The van der Waals surface area contributed by atoms with Crippen LogP contribution in [-0.4, -0.2) is 74.5 Å². The van der Waals surface area contributed by atoms with Crippen molar-refractivity contribution in [1.82, 2.24) is 9.80 Å². The first-order valence-corrected chi connectivity index (χ1v) is 11.6. The molecule has 8 heteroatoms. The molecular weight excluding hydrogens is 388 g/mol. The summed E-state index contributed by atoms with van der Waals surface area (Å²) in [7, 11) is -1.18. The van der Waals surface area contributed by atoms with Gasteiger partial charge in [-0.25, -0.2) is 8.42 Å². The number of benzene rings is 1. The minimum absolute atomic E-state index is 0.00567. The summed E-state index contributed by atoms with van der Waals surface area (Å²) in [5.74, 6) is 0.157. The number of carbonyl (C=O) groups excluding carboxylic acids is 1. The summed E-state index contributed by atoms with van der Waals surface area (Å²) in [6.07, 6.45) is 2.42. The first kappa shape index (κ1) is 20.6. The summed E-state index contributed by atoms with van der Waals surface area (Å²) >= 11 is 6.21. The molecule has 1 aromatic carbocycles. The van der Waals surface area contributed by atoms with Crippen LogP contribution in [0.1, 0.15) is 24.8 Å². The Labute approximate surface area is 166 Å². The van der Waals surface area contributed by atoms with Crippen LogP contribution >= 0.6 is 11.6 Å². The highest BCUT2D eigenvalue weighted by Gasteiger charge is 2.36. The predicted molar refractivity (Wildman–Crippen MR) is 106 cm³/mol. The molecule has 0 aliphatic carbocycles. The number of halogens is 1. The van der Waals surface area contributed by atoms with E-state index in [-0.39, 0.29) is 36.1 Å². The van der Waals surface area contributed by atoms with Crippen molar-refractivity contribution in [3.63, 3.8) is 0 Å². The number of likely N-dealkylation sites (N-methyl/N-ethyl adjacent to an activating group) is 1. The van der Waals surface area contributed by atoms with Crippen LogP contribution in [0.2, 0.25) is 5.02 Å². The highest BCUT2D eigenvalue weighted by atomic mass is 35.5. The molecule has 2 heterocycles. The van der Waals surface area contributed by atoms with E-state index in [0.29, 0.717) is 31.1 Å². The van der Waals surface area contributed by atoms with E-state index in [1.165, 1.54) is 0 Å². The molecule has 0 aromatic heterocycles. The summed E-state index contributed by atoms with van der Waals surface area (Å²) in [5.41, 5.74) is 0.962. The van der Waals surface area contributed by atoms with Gasteiger partial charge >= 0.3 is 0 Å². The van der Waals surface area contributed by atoms with E-state index in [1.54, 1.807) is 4.90 Å². The second-order valence-electron chi connectivity index (χ2n) is 7.50. The summed E-state index contributed by atoms with van der Waals surface area (Å²) < 4.78 is 29.5. The lowest BCUT2D eigenvalue weighted by molar-refractivity contribution is -0.135. The monoisotopic (exact) mass is 414 g/mol. The Morgan fingerprint density at radius 1 is 1.30 bits per heavy atom. The van der Waals surface area contributed by atoms with Crippen molar-refractivity contribution in [3.8, 4) is 0 Å². The standard InChI is InChI=1S/C19H27ClN2O4S/c1-21(11-15-5-2-3-7-18(15)20)13-19(23)22(12-17-6-4-9-26-17)16-8-10-27(24,25)14-16/h2-3,5,7,16-17H,4,6,8-14H2,1H3. The van der Waals surface area contributed by atoms with Crippen LogP contribution in [0.4, 0.5) is 0 Å². The quantitative estimate of drug-likeness (QED) is 0.682. The summed E-state index contributed by atoms with van der Waals surface area (Å²) in [5, 5.41) is 0.676. The van der Waals surface area contributed by atoms with E-state index in [1.807, 2.05) is 36.2 Å². The van der Waals surface area contributed by atoms with E-state index in [9.17, 15) is 13.2 Å². The molecular formula is C19H27ClN2O4S. The molecule has 0 bridgehead atoms. The summed E-state index contributed by atoms with van der Waals surface area (Å²) in [4.78, 5) is 16.7. The van der Waals surface area contributed by atoms with Crippen molar-refractivity contribution >= 4 is 27.3 Å². The van der Waals surface area contributed by atoms with Crippen molar-refractivity contribution in [1.29, 1.82) is 0 Å². The second-order valence-corrected chi connectivity index (χ2v) is 10.1. The van der Waals surface area contributed by atoms with Crippen molar-refractivity contribution in [3.05, 3.63) is 34.9 Å². The minimum atomic E-state index is -3.06. The number of nitrogens with zero attached hydrogens (tertiary/aromatic N) is 2. The maximum Gasteiger partial charge on any atom is 0.237 e. The van der Waals surface area contributed by atoms with Gasteiger partial charge in [0, 0.05) is 30.8 Å². The van der Waals surface area contributed by atoms with Gasteiger partial charge in [-0.05, 0) is 37.9 Å². The predicted octanol–water partition coefficient (Wildman–Crippen LogP) is 1.97. The Morgan fingerprint density at radius 2 is 2.07 bits per heavy atom. The fourth-order valence-electron chi connectivity index (χ4n) is 3.78. The topological polar surface area (TPSA) is 66.9 Å². The maximum atomic E-state index is 13.0. The molecule has 0 radical (unpaired) electrons. The van der Waals surface area contributed by atoms with Gasteiger partial charge in [0.15, 0.2) is 9.84 Å². The zero-order valence-electron chi connectivity index (χ0n) is 15.6. The number of amides is 1. The lowest BCUT2D eigenvalue weighted by Crippen LogP contribution is -2.48. The lowest BCUT2D eigenvalue weighted by atomic mass is 10.1. The average molecular weight is 415 g/mol. The largest absolute Gasteiger partial charge is 0.376 e. The fourth-order valence-corrected chi connectivity index (χ4v) is 5.70. The molecule has 2 atom stereocenters. The zero-order valence-corrected chi connectivity index (χ0v) is 17.2. The molecule has 150 valence electrons. The van der Waals surface area contributed by atoms with Crippen LogP contribution in [0.5, 0.6) is 0 Å².